The van der Waals surface area contributed by atoms with Crippen molar-refractivity contribution in [2.45, 2.75) is 38.5 Å². The molecule has 2 atom stereocenters. The minimum Gasteiger partial charge on any atom is -0.461 e. The lowest BCUT2D eigenvalue weighted by Gasteiger charge is -2.32. The fraction of sp³-hybridized carbons (Fsp3) is 0.421. The number of imidazole rings is 1. The number of para-hydroxylation sites is 1. The topological polar surface area (TPSA) is 52.2 Å². The fourth-order valence-electron chi connectivity index (χ4n) is 3.57. The molecule has 1 saturated heterocycles. The normalized spacial score (nSPS) is 21.4. The standard InChI is InChI=1S/C19H23N3O2/c1-13-15(14-6-3-4-8-17(14)24-13)12-21-16-7-5-11-23-18(16)19-20-9-10-22(19)2/h3-4,6,8-10,16,18,21H,5,7,11-12H2,1-2H3/t16-,18-/m0/s1. The average molecular weight is 325 g/mol. The van der Waals surface area contributed by atoms with Crippen LogP contribution in [0.5, 0.6) is 0 Å². The molecule has 0 saturated carbocycles. The summed E-state index contributed by atoms with van der Waals surface area (Å²) < 4.78 is 13.9. The third kappa shape index (κ3) is 2.74. The molecule has 5 heteroatoms. The molecule has 1 aromatic carbocycles. The minimum absolute atomic E-state index is 0.00257. The lowest BCUT2D eigenvalue weighted by Crippen LogP contribution is -2.40. The van der Waals surface area contributed by atoms with E-state index in [1.54, 1.807) is 0 Å². The predicted octanol–water partition coefficient (Wildman–Crippen LogP) is 3.48. The Labute approximate surface area is 141 Å². The molecule has 1 fully saturated rings. The summed E-state index contributed by atoms with van der Waals surface area (Å²) in [7, 11) is 2.02. The SMILES string of the molecule is Cc1oc2ccccc2c1CN[C@H]1CCCO[C@@H]1c1nccn1C. The van der Waals surface area contributed by atoms with Crippen LogP contribution < -0.4 is 5.32 Å². The molecule has 0 bridgehead atoms. The summed E-state index contributed by atoms with van der Waals surface area (Å²) in [4.78, 5) is 4.48. The smallest absolute Gasteiger partial charge is 0.139 e. The molecule has 0 aliphatic carbocycles. The number of fused-ring (bicyclic) bond motifs is 1. The van der Waals surface area contributed by atoms with Crippen LogP contribution in [-0.4, -0.2) is 22.2 Å². The van der Waals surface area contributed by atoms with Crippen LogP contribution in [0, 0.1) is 6.92 Å². The van der Waals surface area contributed by atoms with Gasteiger partial charge in [0.2, 0.25) is 0 Å². The summed E-state index contributed by atoms with van der Waals surface area (Å²) in [5.41, 5.74) is 2.18. The number of furan rings is 1. The first kappa shape index (κ1) is 15.4. The summed E-state index contributed by atoms with van der Waals surface area (Å²) in [6, 6.07) is 8.46. The maximum Gasteiger partial charge on any atom is 0.139 e. The van der Waals surface area contributed by atoms with E-state index in [2.05, 4.69) is 22.4 Å². The third-order valence-electron chi connectivity index (χ3n) is 4.88. The Bertz CT molecular complexity index is 836. The van der Waals surface area contributed by atoms with Gasteiger partial charge in [-0.2, -0.15) is 0 Å². The molecular formula is C19H23N3O2. The van der Waals surface area contributed by atoms with Crippen LogP contribution in [0.15, 0.2) is 41.1 Å². The number of aryl methyl sites for hydroxylation is 2. The van der Waals surface area contributed by atoms with Crippen molar-refractivity contribution in [2.75, 3.05) is 6.61 Å². The van der Waals surface area contributed by atoms with E-state index in [4.69, 9.17) is 9.15 Å². The van der Waals surface area contributed by atoms with Crippen LogP contribution in [-0.2, 0) is 18.3 Å². The number of hydrogen-bond acceptors (Lipinski definition) is 4. The highest BCUT2D eigenvalue weighted by molar-refractivity contribution is 5.82. The van der Waals surface area contributed by atoms with E-state index in [0.29, 0.717) is 0 Å². The fourth-order valence-corrected chi connectivity index (χ4v) is 3.57. The largest absolute Gasteiger partial charge is 0.461 e. The van der Waals surface area contributed by atoms with E-state index in [-0.39, 0.29) is 12.1 Å². The zero-order valence-corrected chi connectivity index (χ0v) is 14.2. The highest BCUT2D eigenvalue weighted by Crippen LogP contribution is 2.29. The first-order valence-corrected chi connectivity index (χ1v) is 8.53. The molecule has 1 N–H and O–H groups in total. The second-order valence-corrected chi connectivity index (χ2v) is 6.45. The van der Waals surface area contributed by atoms with Crippen LogP contribution in [0.4, 0.5) is 0 Å². The van der Waals surface area contributed by atoms with Gasteiger partial charge in [0, 0.05) is 49.6 Å². The highest BCUT2D eigenvalue weighted by Gasteiger charge is 2.30. The molecule has 0 unspecified atom stereocenters. The van der Waals surface area contributed by atoms with E-state index in [0.717, 1.165) is 43.2 Å². The number of nitrogens with zero attached hydrogens (tertiary/aromatic N) is 2. The highest BCUT2D eigenvalue weighted by atomic mass is 16.5. The Balaban J connectivity index is 1.55. The zero-order chi connectivity index (χ0) is 16.5. The van der Waals surface area contributed by atoms with Gasteiger partial charge in [0.15, 0.2) is 0 Å². The molecule has 0 amide bonds. The molecular weight excluding hydrogens is 302 g/mol. The van der Waals surface area contributed by atoms with E-state index in [1.807, 2.05) is 43.1 Å². The Morgan fingerprint density at radius 3 is 3.04 bits per heavy atom. The van der Waals surface area contributed by atoms with Crippen molar-refractivity contribution in [3.05, 3.63) is 53.8 Å². The molecule has 0 spiro atoms. The molecule has 5 nitrogen and oxygen atoms in total. The molecule has 1 aliphatic heterocycles. The third-order valence-corrected chi connectivity index (χ3v) is 4.88. The summed E-state index contributed by atoms with van der Waals surface area (Å²) in [5, 5.41) is 4.87. The number of aromatic nitrogens is 2. The van der Waals surface area contributed by atoms with E-state index in [9.17, 15) is 0 Å². The number of benzene rings is 1. The lowest BCUT2D eigenvalue weighted by molar-refractivity contribution is -0.0178. The molecule has 1 aliphatic rings. The first-order valence-electron chi connectivity index (χ1n) is 8.53. The van der Waals surface area contributed by atoms with Crippen LogP contribution in [0.3, 0.4) is 0 Å². The van der Waals surface area contributed by atoms with Crippen molar-refractivity contribution in [3.8, 4) is 0 Å². The Kier molecular flexibility index (Phi) is 4.12. The van der Waals surface area contributed by atoms with Crippen LogP contribution in [0.1, 0.15) is 36.1 Å². The van der Waals surface area contributed by atoms with Gasteiger partial charge in [-0.1, -0.05) is 18.2 Å². The van der Waals surface area contributed by atoms with Crippen molar-refractivity contribution in [2.24, 2.45) is 7.05 Å². The molecule has 3 aromatic rings. The Morgan fingerprint density at radius 2 is 2.21 bits per heavy atom. The average Bonchev–Trinajstić information content (AvgIpc) is 3.16. The van der Waals surface area contributed by atoms with E-state index >= 15 is 0 Å². The molecule has 126 valence electrons. The quantitative estimate of drug-likeness (QED) is 0.798. The van der Waals surface area contributed by atoms with Crippen molar-refractivity contribution in [1.82, 2.24) is 14.9 Å². The van der Waals surface area contributed by atoms with Crippen LogP contribution >= 0.6 is 0 Å². The van der Waals surface area contributed by atoms with E-state index in [1.165, 1.54) is 10.9 Å². The van der Waals surface area contributed by atoms with Gasteiger partial charge in [0.1, 0.15) is 23.3 Å². The van der Waals surface area contributed by atoms with Crippen LogP contribution in [0.2, 0.25) is 0 Å². The number of rotatable bonds is 4. The lowest BCUT2D eigenvalue weighted by atomic mass is 10.0. The molecule has 24 heavy (non-hydrogen) atoms. The molecule has 3 heterocycles. The molecule has 0 radical (unpaired) electrons. The van der Waals surface area contributed by atoms with Crippen molar-refractivity contribution in [3.63, 3.8) is 0 Å². The predicted molar refractivity (Wildman–Crippen MR) is 92.7 cm³/mol. The van der Waals surface area contributed by atoms with Gasteiger partial charge in [0.25, 0.3) is 0 Å². The zero-order valence-electron chi connectivity index (χ0n) is 14.2. The van der Waals surface area contributed by atoms with Crippen molar-refractivity contribution < 1.29 is 9.15 Å². The van der Waals surface area contributed by atoms with Crippen molar-refractivity contribution in [1.29, 1.82) is 0 Å². The minimum atomic E-state index is -0.00257. The maximum absolute atomic E-state index is 6.03. The second kappa shape index (κ2) is 6.42. The summed E-state index contributed by atoms with van der Waals surface area (Å²) in [6.07, 6.45) is 5.96. The molecule has 2 aromatic heterocycles. The monoisotopic (exact) mass is 325 g/mol. The number of hydrogen-bond donors (Lipinski definition) is 1. The second-order valence-electron chi connectivity index (χ2n) is 6.45. The Morgan fingerprint density at radius 1 is 1.33 bits per heavy atom. The van der Waals surface area contributed by atoms with Gasteiger partial charge in [-0.15, -0.1) is 0 Å². The van der Waals surface area contributed by atoms with Gasteiger partial charge in [0.05, 0.1) is 0 Å². The van der Waals surface area contributed by atoms with Gasteiger partial charge in [-0.3, -0.25) is 0 Å². The Hall–Kier alpha value is -2.11. The van der Waals surface area contributed by atoms with Gasteiger partial charge >= 0.3 is 0 Å². The van der Waals surface area contributed by atoms with Crippen molar-refractivity contribution >= 4 is 11.0 Å². The van der Waals surface area contributed by atoms with E-state index < -0.39 is 0 Å². The van der Waals surface area contributed by atoms with Gasteiger partial charge in [-0.05, 0) is 25.8 Å². The summed E-state index contributed by atoms with van der Waals surface area (Å²) in [5.74, 6) is 1.97. The molecule has 4 rings (SSSR count). The number of nitrogens with one attached hydrogen (secondary N) is 1. The van der Waals surface area contributed by atoms with Gasteiger partial charge < -0.3 is 19.0 Å². The van der Waals surface area contributed by atoms with Gasteiger partial charge in [-0.25, -0.2) is 4.98 Å². The summed E-state index contributed by atoms with van der Waals surface area (Å²) in [6.45, 7) is 3.60. The summed E-state index contributed by atoms with van der Waals surface area (Å²) >= 11 is 0. The first-order chi connectivity index (χ1) is 11.7. The maximum atomic E-state index is 6.03. The van der Waals surface area contributed by atoms with Crippen LogP contribution in [0.25, 0.3) is 11.0 Å². The number of ether oxygens (including phenoxy) is 1.